The van der Waals surface area contributed by atoms with E-state index < -0.39 is 0 Å². The quantitative estimate of drug-likeness (QED) is 0.510. The number of rotatable bonds is 10. The van der Waals surface area contributed by atoms with Gasteiger partial charge in [-0.2, -0.15) is 0 Å². The van der Waals surface area contributed by atoms with Gasteiger partial charge < -0.3 is 0 Å². The Balaban J connectivity index is 4.23. The molecule has 0 amide bonds. The first-order valence-electron chi connectivity index (χ1n) is 7.56. The molecule has 1 nitrogen and oxygen atoms in total. The Hall–Kier alpha value is -0.330. The van der Waals surface area contributed by atoms with Crippen molar-refractivity contribution in [2.24, 2.45) is 17.8 Å². The Kier molecular flexibility index (Phi) is 9.49. The lowest BCUT2D eigenvalue weighted by Crippen LogP contribution is -2.17. The van der Waals surface area contributed by atoms with Crippen molar-refractivity contribution in [1.29, 1.82) is 0 Å². The van der Waals surface area contributed by atoms with Crippen LogP contribution in [0.2, 0.25) is 0 Å². The molecule has 0 radical (unpaired) electrons. The lowest BCUT2D eigenvalue weighted by atomic mass is 9.81. The molecule has 0 bridgehead atoms. The molecule has 1 heteroatoms. The number of carbonyl (C=O) groups is 1. The maximum Gasteiger partial charge on any atom is 0.132 e. The van der Waals surface area contributed by atoms with E-state index in [0.717, 1.165) is 12.3 Å². The van der Waals surface area contributed by atoms with E-state index in [4.69, 9.17) is 0 Å². The SMILES string of the molecule is CCCC(C)[C@@H](CCC(C)CC)CC(=O)CC. The first-order chi connectivity index (χ1) is 8.04. The Morgan fingerprint density at radius 1 is 1.00 bits per heavy atom. The van der Waals surface area contributed by atoms with Crippen molar-refractivity contribution in [3.05, 3.63) is 0 Å². The van der Waals surface area contributed by atoms with Crippen molar-refractivity contribution in [2.75, 3.05) is 0 Å². The molecule has 0 aliphatic heterocycles. The number of hydrogen-bond acceptors (Lipinski definition) is 1. The molecule has 0 heterocycles. The topological polar surface area (TPSA) is 17.1 Å². The average Bonchev–Trinajstić information content (AvgIpc) is 2.33. The van der Waals surface area contributed by atoms with Crippen LogP contribution in [0.15, 0.2) is 0 Å². The second-order valence-corrected chi connectivity index (χ2v) is 5.71. The van der Waals surface area contributed by atoms with Crippen LogP contribution >= 0.6 is 0 Å². The summed E-state index contributed by atoms with van der Waals surface area (Å²) in [5.41, 5.74) is 0. The third-order valence-electron chi connectivity index (χ3n) is 4.16. The van der Waals surface area contributed by atoms with Crippen LogP contribution in [0.1, 0.15) is 79.6 Å². The van der Waals surface area contributed by atoms with Gasteiger partial charge in [0.15, 0.2) is 0 Å². The predicted octanol–water partition coefficient (Wildman–Crippen LogP) is 5.23. The molecule has 0 aliphatic carbocycles. The van der Waals surface area contributed by atoms with Gasteiger partial charge in [0.05, 0.1) is 0 Å². The van der Waals surface area contributed by atoms with Crippen LogP contribution < -0.4 is 0 Å². The third kappa shape index (κ3) is 7.57. The van der Waals surface area contributed by atoms with Crippen molar-refractivity contribution in [3.8, 4) is 0 Å². The Morgan fingerprint density at radius 2 is 1.65 bits per heavy atom. The fraction of sp³-hybridized carbons (Fsp3) is 0.938. The zero-order valence-electron chi connectivity index (χ0n) is 12.6. The first kappa shape index (κ1) is 16.7. The second-order valence-electron chi connectivity index (χ2n) is 5.71. The van der Waals surface area contributed by atoms with Gasteiger partial charge >= 0.3 is 0 Å². The highest BCUT2D eigenvalue weighted by atomic mass is 16.1. The van der Waals surface area contributed by atoms with Gasteiger partial charge in [-0.1, -0.05) is 60.3 Å². The maximum atomic E-state index is 11.6. The Morgan fingerprint density at radius 3 is 2.12 bits per heavy atom. The molecule has 17 heavy (non-hydrogen) atoms. The largest absolute Gasteiger partial charge is 0.300 e. The van der Waals surface area contributed by atoms with E-state index in [1.165, 1.54) is 32.1 Å². The van der Waals surface area contributed by atoms with Crippen molar-refractivity contribution < 1.29 is 4.79 Å². The Bertz CT molecular complexity index is 198. The monoisotopic (exact) mass is 240 g/mol. The Labute approximate surface area is 108 Å². The average molecular weight is 240 g/mol. The molecule has 0 saturated heterocycles. The summed E-state index contributed by atoms with van der Waals surface area (Å²) in [7, 11) is 0. The number of Topliss-reactive ketones (excluding diaryl/α,β-unsaturated/α-hetero) is 1. The van der Waals surface area contributed by atoms with Crippen molar-refractivity contribution in [3.63, 3.8) is 0 Å². The second kappa shape index (κ2) is 9.67. The highest BCUT2D eigenvalue weighted by Gasteiger charge is 2.19. The minimum atomic E-state index is 0.446. The van der Waals surface area contributed by atoms with E-state index in [1.807, 2.05) is 6.92 Å². The molecule has 0 fully saturated rings. The van der Waals surface area contributed by atoms with Gasteiger partial charge in [0, 0.05) is 12.8 Å². The molecule has 0 aliphatic rings. The molecule has 2 unspecified atom stereocenters. The highest BCUT2D eigenvalue weighted by Crippen LogP contribution is 2.28. The molecule has 0 saturated carbocycles. The summed E-state index contributed by atoms with van der Waals surface area (Å²) in [6.45, 7) is 11.1. The molecule has 102 valence electrons. The van der Waals surface area contributed by atoms with Crippen molar-refractivity contribution >= 4 is 5.78 Å². The van der Waals surface area contributed by atoms with Crippen molar-refractivity contribution in [1.82, 2.24) is 0 Å². The van der Waals surface area contributed by atoms with Gasteiger partial charge in [-0.3, -0.25) is 4.79 Å². The van der Waals surface area contributed by atoms with Gasteiger partial charge in [-0.25, -0.2) is 0 Å². The molecule has 0 aromatic rings. The maximum absolute atomic E-state index is 11.6. The van der Waals surface area contributed by atoms with Crippen LogP contribution in [-0.4, -0.2) is 5.78 Å². The van der Waals surface area contributed by atoms with Crippen LogP contribution in [0.5, 0.6) is 0 Å². The fourth-order valence-corrected chi connectivity index (χ4v) is 2.42. The first-order valence-corrected chi connectivity index (χ1v) is 7.56. The summed E-state index contributed by atoms with van der Waals surface area (Å²) in [5, 5.41) is 0. The molecule has 0 rings (SSSR count). The molecule has 3 atom stereocenters. The minimum absolute atomic E-state index is 0.446. The normalized spacial score (nSPS) is 16.5. The number of carbonyl (C=O) groups excluding carboxylic acids is 1. The van der Waals surface area contributed by atoms with Gasteiger partial charge in [-0.05, 0) is 24.2 Å². The molecular weight excluding hydrogens is 208 g/mol. The van der Waals surface area contributed by atoms with E-state index in [-0.39, 0.29) is 0 Å². The minimum Gasteiger partial charge on any atom is -0.300 e. The summed E-state index contributed by atoms with van der Waals surface area (Å²) in [6.07, 6.45) is 7.81. The summed E-state index contributed by atoms with van der Waals surface area (Å²) >= 11 is 0. The van der Waals surface area contributed by atoms with Crippen LogP contribution in [0.25, 0.3) is 0 Å². The molecule has 0 aromatic heterocycles. The molecule has 0 N–H and O–H groups in total. The van der Waals surface area contributed by atoms with Gasteiger partial charge in [0.25, 0.3) is 0 Å². The standard InChI is InChI=1S/C16H32O/c1-6-9-14(5)15(12-16(17)8-3)11-10-13(4)7-2/h13-15H,6-12H2,1-5H3/t13?,14?,15-/m0/s1. The van der Waals surface area contributed by atoms with Crippen LogP contribution in [0.3, 0.4) is 0 Å². The lowest BCUT2D eigenvalue weighted by molar-refractivity contribution is -0.120. The fourth-order valence-electron chi connectivity index (χ4n) is 2.42. The van der Waals surface area contributed by atoms with E-state index in [9.17, 15) is 4.79 Å². The molecule has 0 spiro atoms. The van der Waals surface area contributed by atoms with E-state index in [2.05, 4.69) is 27.7 Å². The van der Waals surface area contributed by atoms with E-state index in [1.54, 1.807) is 0 Å². The summed E-state index contributed by atoms with van der Waals surface area (Å²) in [6, 6.07) is 0. The predicted molar refractivity (Wildman–Crippen MR) is 76.2 cm³/mol. The number of hydrogen-bond donors (Lipinski definition) is 0. The van der Waals surface area contributed by atoms with E-state index >= 15 is 0 Å². The van der Waals surface area contributed by atoms with Crippen LogP contribution in [0, 0.1) is 17.8 Å². The third-order valence-corrected chi connectivity index (χ3v) is 4.16. The van der Waals surface area contributed by atoms with Gasteiger partial charge in [-0.15, -0.1) is 0 Å². The zero-order chi connectivity index (χ0) is 13.3. The summed E-state index contributed by atoms with van der Waals surface area (Å²) < 4.78 is 0. The lowest BCUT2D eigenvalue weighted by Gasteiger charge is -2.24. The van der Waals surface area contributed by atoms with Crippen LogP contribution in [0.4, 0.5) is 0 Å². The van der Waals surface area contributed by atoms with E-state index in [0.29, 0.717) is 24.0 Å². The number of ketones is 1. The summed E-state index contributed by atoms with van der Waals surface area (Å²) in [5.74, 6) is 2.58. The smallest absolute Gasteiger partial charge is 0.132 e. The zero-order valence-corrected chi connectivity index (χ0v) is 12.6. The highest BCUT2D eigenvalue weighted by molar-refractivity contribution is 5.78. The van der Waals surface area contributed by atoms with Gasteiger partial charge in [0.1, 0.15) is 5.78 Å². The molecule has 0 aromatic carbocycles. The summed E-state index contributed by atoms with van der Waals surface area (Å²) in [4.78, 5) is 11.6. The van der Waals surface area contributed by atoms with Crippen LogP contribution in [-0.2, 0) is 4.79 Å². The van der Waals surface area contributed by atoms with Gasteiger partial charge in [0.2, 0.25) is 0 Å². The van der Waals surface area contributed by atoms with Crippen molar-refractivity contribution in [2.45, 2.75) is 79.6 Å². The molecular formula is C16H32O.